The average Bonchev–Trinajstić information content (AvgIpc) is 2.31. The van der Waals surface area contributed by atoms with Gasteiger partial charge in [-0.1, -0.05) is 13.0 Å². The third-order valence-corrected chi connectivity index (χ3v) is 6.01. The Morgan fingerprint density at radius 1 is 1.15 bits per heavy atom. The van der Waals surface area contributed by atoms with E-state index in [9.17, 15) is 16.8 Å². The van der Waals surface area contributed by atoms with Gasteiger partial charge < -0.3 is 0 Å². The number of sulfonamides is 2. The van der Waals surface area contributed by atoms with Gasteiger partial charge in [-0.25, -0.2) is 21.1 Å². The maximum Gasteiger partial charge on any atom is 0.242 e. The van der Waals surface area contributed by atoms with E-state index in [1.165, 1.54) is 26.2 Å². The molecule has 1 N–H and O–H groups in total. The standard InChI is InChI=1S/C12H20N2O4S2/c1-5-8-19(15,16)13-12-9-11(7-6-10(12)2)20(17,18)14(3)4/h6-7,9,13H,5,8H2,1-4H3. The van der Waals surface area contributed by atoms with Crippen LogP contribution in [0, 0.1) is 6.92 Å². The monoisotopic (exact) mass is 320 g/mol. The highest BCUT2D eigenvalue weighted by Gasteiger charge is 2.19. The molecule has 0 saturated heterocycles. The van der Waals surface area contributed by atoms with Crippen LogP contribution in [0.5, 0.6) is 0 Å². The Morgan fingerprint density at radius 3 is 2.25 bits per heavy atom. The first-order chi connectivity index (χ1) is 9.10. The maximum absolute atomic E-state index is 12.0. The summed E-state index contributed by atoms with van der Waals surface area (Å²) in [5, 5.41) is 0. The van der Waals surface area contributed by atoms with Crippen LogP contribution in [-0.2, 0) is 20.0 Å². The lowest BCUT2D eigenvalue weighted by atomic mass is 10.2. The van der Waals surface area contributed by atoms with E-state index < -0.39 is 20.0 Å². The first-order valence-corrected chi connectivity index (χ1v) is 9.23. The van der Waals surface area contributed by atoms with Crippen molar-refractivity contribution >= 4 is 25.7 Å². The Balaban J connectivity index is 3.24. The number of nitrogens with zero attached hydrogens (tertiary/aromatic N) is 1. The number of rotatable bonds is 6. The molecular weight excluding hydrogens is 300 g/mol. The number of hydrogen-bond donors (Lipinski definition) is 1. The molecule has 0 heterocycles. The molecule has 0 unspecified atom stereocenters. The molecule has 20 heavy (non-hydrogen) atoms. The summed E-state index contributed by atoms with van der Waals surface area (Å²) < 4.78 is 51.1. The van der Waals surface area contributed by atoms with Gasteiger partial charge >= 0.3 is 0 Å². The van der Waals surface area contributed by atoms with E-state index in [1.54, 1.807) is 19.9 Å². The molecule has 6 nitrogen and oxygen atoms in total. The fraction of sp³-hybridized carbons (Fsp3) is 0.500. The lowest BCUT2D eigenvalue weighted by Crippen LogP contribution is -2.23. The van der Waals surface area contributed by atoms with Crippen LogP contribution in [0.1, 0.15) is 18.9 Å². The molecule has 0 amide bonds. The van der Waals surface area contributed by atoms with Gasteiger partial charge in [0.1, 0.15) is 0 Å². The zero-order chi connectivity index (χ0) is 15.6. The summed E-state index contributed by atoms with van der Waals surface area (Å²) in [6, 6.07) is 4.39. The topological polar surface area (TPSA) is 83.5 Å². The fourth-order valence-corrected chi connectivity index (χ4v) is 3.69. The molecule has 0 spiro atoms. The number of hydrogen-bond acceptors (Lipinski definition) is 4. The molecule has 0 aliphatic rings. The first kappa shape index (κ1) is 16.9. The van der Waals surface area contributed by atoms with Crippen molar-refractivity contribution in [2.24, 2.45) is 0 Å². The van der Waals surface area contributed by atoms with Gasteiger partial charge in [-0.15, -0.1) is 0 Å². The summed E-state index contributed by atoms with van der Waals surface area (Å²) in [5.74, 6) is -0.00288. The van der Waals surface area contributed by atoms with Crippen LogP contribution in [0.25, 0.3) is 0 Å². The molecule has 114 valence electrons. The van der Waals surface area contributed by atoms with Crippen LogP contribution in [0.4, 0.5) is 5.69 Å². The summed E-state index contributed by atoms with van der Waals surface area (Å²) in [4.78, 5) is 0.0577. The van der Waals surface area contributed by atoms with Crippen LogP contribution in [0.3, 0.4) is 0 Å². The van der Waals surface area contributed by atoms with Gasteiger partial charge in [0.05, 0.1) is 16.3 Å². The molecule has 0 aliphatic heterocycles. The predicted octanol–water partition coefficient (Wildman–Crippen LogP) is 1.40. The number of aryl methyl sites for hydroxylation is 1. The first-order valence-electron chi connectivity index (χ1n) is 6.14. The van der Waals surface area contributed by atoms with Gasteiger partial charge in [-0.05, 0) is 31.0 Å². The molecule has 8 heteroatoms. The summed E-state index contributed by atoms with van der Waals surface area (Å²) in [5.41, 5.74) is 0.962. The Morgan fingerprint density at radius 2 is 1.75 bits per heavy atom. The molecular formula is C12H20N2O4S2. The van der Waals surface area contributed by atoms with E-state index in [2.05, 4.69) is 4.72 Å². The van der Waals surface area contributed by atoms with E-state index in [4.69, 9.17) is 0 Å². The zero-order valence-corrected chi connectivity index (χ0v) is 13.7. The van der Waals surface area contributed by atoms with Gasteiger partial charge in [0, 0.05) is 14.1 Å². The molecule has 0 aliphatic carbocycles. The average molecular weight is 320 g/mol. The third-order valence-electron chi connectivity index (χ3n) is 2.73. The summed E-state index contributed by atoms with van der Waals surface area (Å²) in [6.45, 7) is 3.48. The van der Waals surface area contributed by atoms with E-state index in [0.717, 1.165) is 4.31 Å². The van der Waals surface area contributed by atoms with Crippen LogP contribution < -0.4 is 4.72 Å². The van der Waals surface area contributed by atoms with Gasteiger partial charge in [-0.2, -0.15) is 0 Å². The highest BCUT2D eigenvalue weighted by molar-refractivity contribution is 7.92. The summed E-state index contributed by atoms with van der Waals surface area (Å²) >= 11 is 0. The summed E-state index contributed by atoms with van der Waals surface area (Å²) in [7, 11) is -4.18. The number of nitrogens with one attached hydrogen (secondary N) is 1. The molecule has 0 radical (unpaired) electrons. The number of benzene rings is 1. The van der Waals surface area contributed by atoms with E-state index in [1.807, 2.05) is 0 Å². The zero-order valence-electron chi connectivity index (χ0n) is 12.0. The van der Waals surface area contributed by atoms with Crippen molar-refractivity contribution in [2.45, 2.75) is 25.2 Å². The van der Waals surface area contributed by atoms with Crippen LogP contribution >= 0.6 is 0 Å². The van der Waals surface area contributed by atoms with Gasteiger partial charge in [-0.3, -0.25) is 4.72 Å². The Kier molecular flexibility index (Phi) is 5.17. The van der Waals surface area contributed by atoms with Crippen LogP contribution in [0.15, 0.2) is 23.1 Å². The quantitative estimate of drug-likeness (QED) is 0.858. The lowest BCUT2D eigenvalue weighted by Gasteiger charge is -2.15. The van der Waals surface area contributed by atoms with Crippen molar-refractivity contribution in [3.8, 4) is 0 Å². The fourth-order valence-electron chi connectivity index (χ4n) is 1.57. The normalized spacial score (nSPS) is 12.7. The minimum Gasteiger partial charge on any atom is -0.283 e. The van der Waals surface area contributed by atoms with Gasteiger partial charge in [0.15, 0.2) is 0 Å². The SMILES string of the molecule is CCCS(=O)(=O)Nc1cc(S(=O)(=O)N(C)C)ccc1C. The van der Waals surface area contributed by atoms with Crippen molar-refractivity contribution < 1.29 is 16.8 Å². The van der Waals surface area contributed by atoms with Crippen LogP contribution in [0.2, 0.25) is 0 Å². The molecule has 0 saturated carbocycles. The highest BCUT2D eigenvalue weighted by atomic mass is 32.2. The van der Waals surface area contributed by atoms with Crippen molar-refractivity contribution in [2.75, 3.05) is 24.6 Å². The predicted molar refractivity (Wildman–Crippen MR) is 79.8 cm³/mol. The lowest BCUT2D eigenvalue weighted by molar-refractivity contribution is 0.520. The molecule has 0 bridgehead atoms. The van der Waals surface area contributed by atoms with E-state index in [-0.39, 0.29) is 10.6 Å². The van der Waals surface area contributed by atoms with Crippen LogP contribution in [-0.4, -0.2) is 41.0 Å². The third kappa shape index (κ3) is 3.94. The summed E-state index contributed by atoms with van der Waals surface area (Å²) in [6.07, 6.45) is 0.490. The Bertz CT molecular complexity index is 679. The Hall–Kier alpha value is -1.12. The van der Waals surface area contributed by atoms with E-state index in [0.29, 0.717) is 17.7 Å². The molecule has 1 rings (SSSR count). The largest absolute Gasteiger partial charge is 0.283 e. The van der Waals surface area contributed by atoms with Gasteiger partial charge in [0.2, 0.25) is 20.0 Å². The molecule has 1 aromatic carbocycles. The molecule has 0 aromatic heterocycles. The van der Waals surface area contributed by atoms with Crippen molar-refractivity contribution in [1.29, 1.82) is 0 Å². The molecule has 0 atom stereocenters. The highest BCUT2D eigenvalue weighted by Crippen LogP contribution is 2.23. The second-order valence-corrected chi connectivity index (χ2v) is 8.68. The second-order valence-electron chi connectivity index (χ2n) is 4.69. The second kappa shape index (κ2) is 6.11. The smallest absolute Gasteiger partial charge is 0.242 e. The molecule has 1 aromatic rings. The van der Waals surface area contributed by atoms with Gasteiger partial charge in [0.25, 0.3) is 0 Å². The van der Waals surface area contributed by atoms with Crippen molar-refractivity contribution in [3.63, 3.8) is 0 Å². The maximum atomic E-state index is 12.0. The molecule has 0 fully saturated rings. The van der Waals surface area contributed by atoms with E-state index >= 15 is 0 Å². The number of anilines is 1. The Labute approximate surface area is 120 Å². The minimum absolute atomic E-state index is 0.00288. The van der Waals surface area contributed by atoms with Crippen molar-refractivity contribution in [1.82, 2.24) is 4.31 Å². The van der Waals surface area contributed by atoms with Crippen molar-refractivity contribution in [3.05, 3.63) is 23.8 Å². The minimum atomic E-state index is -3.59.